The lowest BCUT2D eigenvalue weighted by molar-refractivity contribution is 0.514. The predicted molar refractivity (Wildman–Crippen MR) is 140 cm³/mol. The monoisotopic (exact) mass is 494 g/mol. The molecule has 1 unspecified atom stereocenters. The fourth-order valence-corrected chi connectivity index (χ4v) is 4.18. The number of nitrogens with one attached hydrogen (secondary N) is 1. The minimum atomic E-state index is -0.887. The van der Waals surface area contributed by atoms with Crippen LogP contribution in [0.1, 0.15) is 30.9 Å². The van der Waals surface area contributed by atoms with Gasteiger partial charge in [0.05, 0.1) is 5.69 Å². The molecule has 4 aromatic rings. The molecule has 0 fully saturated rings. The van der Waals surface area contributed by atoms with E-state index in [1.807, 2.05) is 13.8 Å². The number of unbranched alkanes of at least 4 members (excludes halogenated alkanes) is 1. The van der Waals surface area contributed by atoms with Crippen LogP contribution in [0.4, 0.5) is 14.7 Å². The van der Waals surface area contributed by atoms with Gasteiger partial charge in [0.25, 0.3) is 5.56 Å². The Bertz CT molecular complexity index is 1500. The zero-order valence-corrected chi connectivity index (χ0v) is 20.6. The van der Waals surface area contributed by atoms with E-state index in [1.165, 1.54) is 12.1 Å². The number of pyridine rings is 1. The van der Waals surface area contributed by atoms with Crippen molar-refractivity contribution in [3.8, 4) is 16.9 Å². The van der Waals surface area contributed by atoms with E-state index in [-0.39, 0.29) is 17.4 Å². The minimum Gasteiger partial charge on any atom is -0.508 e. The van der Waals surface area contributed by atoms with Gasteiger partial charge in [0.15, 0.2) is 5.65 Å². The molecule has 2 N–H and O–H groups in total. The van der Waals surface area contributed by atoms with Crippen molar-refractivity contribution in [2.45, 2.75) is 26.7 Å². The van der Waals surface area contributed by atoms with Gasteiger partial charge in [-0.25, -0.2) is 13.8 Å². The summed E-state index contributed by atoms with van der Waals surface area (Å²) < 4.78 is 30.5. The maximum Gasteiger partial charge on any atom is 0.256 e. The maximum absolute atomic E-state index is 14.8. The third-order valence-corrected chi connectivity index (χ3v) is 6.36. The summed E-state index contributed by atoms with van der Waals surface area (Å²) in [5.41, 5.74) is 1.38. The summed E-state index contributed by atoms with van der Waals surface area (Å²) >= 11 is 0. The van der Waals surface area contributed by atoms with Crippen LogP contribution in [0.2, 0.25) is 0 Å². The summed E-state index contributed by atoms with van der Waals surface area (Å²) in [6, 6.07) is 9.71. The summed E-state index contributed by atoms with van der Waals surface area (Å²) in [5, 5.41) is 14.4. The Morgan fingerprint density at radius 1 is 1.17 bits per heavy atom. The number of hydrogen-bond acceptors (Lipinski definition) is 5. The van der Waals surface area contributed by atoms with E-state index in [1.54, 1.807) is 18.2 Å². The molecule has 35 heavy (non-hydrogen) atoms. The van der Waals surface area contributed by atoms with Gasteiger partial charge in [0, 0.05) is 29.1 Å². The fraction of sp³-hybridized carbons (Fsp3) is 0.192. The molecule has 0 radical (unpaired) electrons. The Labute approximate surface area is 203 Å². The van der Waals surface area contributed by atoms with Crippen LogP contribution in [0.3, 0.4) is 0 Å². The van der Waals surface area contributed by atoms with Gasteiger partial charge in [-0.2, -0.15) is 4.98 Å². The van der Waals surface area contributed by atoms with Gasteiger partial charge in [0.2, 0.25) is 5.95 Å². The summed E-state index contributed by atoms with van der Waals surface area (Å²) in [6.07, 6.45) is 1.80. The Morgan fingerprint density at radius 3 is 2.54 bits per heavy atom. The highest BCUT2D eigenvalue weighted by atomic mass is 31.0. The molecule has 0 spiro atoms. The number of anilines is 1. The van der Waals surface area contributed by atoms with Crippen molar-refractivity contribution in [2.24, 2.45) is 0 Å². The van der Waals surface area contributed by atoms with Crippen molar-refractivity contribution < 1.29 is 13.9 Å². The molecule has 0 saturated carbocycles. The fourth-order valence-electron chi connectivity index (χ4n) is 3.84. The van der Waals surface area contributed by atoms with E-state index in [0.29, 0.717) is 28.8 Å². The van der Waals surface area contributed by atoms with Crippen LogP contribution < -0.4 is 16.2 Å². The van der Waals surface area contributed by atoms with Crippen molar-refractivity contribution in [1.29, 1.82) is 0 Å². The van der Waals surface area contributed by atoms with Crippen LogP contribution in [0.5, 0.6) is 0 Å². The number of aliphatic hydroxyl groups is 1. The zero-order chi connectivity index (χ0) is 25.3. The molecule has 0 aliphatic carbocycles. The number of fused-ring (bicyclic) bond motifs is 1. The molecule has 4 rings (SSSR count). The highest BCUT2D eigenvalue weighted by Gasteiger charge is 2.21. The number of para-hydroxylation sites is 1. The van der Waals surface area contributed by atoms with Gasteiger partial charge >= 0.3 is 0 Å². The second-order valence-corrected chi connectivity index (χ2v) is 8.80. The third kappa shape index (κ3) is 4.66. The lowest BCUT2D eigenvalue weighted by atomic mass is 9.99. The van der Waals surface area contributed by atoms with E-state index in [4.69, 9.17) is 4.98 Å². The van der Waals surface area contributed by atoms with Gasteiger partial charge in [0.1, 0.15) is 23.1 Å². The molecule has 9 heteroatoms. The van der Waals surface area contributed by atoms with E-state index < -0.39 is 22.9 Å². The van der Waals surface area contributed by atoms with Gasteiger partial charge in [-0.1, -0.05) is 26.0 Å². The molecular weight excluding hydrogens is 469 g/mol. The van der Waals surface area contributed by atoms with Gasteiger partial charge in [-0.3, -0.25) is 9.36 Å². The number of aromatic nitrogens is 3. The summed E-state index contributed by atoms with van der Waals surface area (Å²) in [7, 11) is 2.62. The number of aliphatic hydroxyl groups excluding tert-OH is 1. The molecule has 180 valence electrons. The summed E-state index contributed by atoms with van der Waals surface area (Å²) in [6.45, 7) is 8.14. The minimum absolute atomic E-state index is 0.0587. The van der Waals surface area contributed by atoms with Crippen LogP contribution in [0.25, 0.3) is 33.7 Å². The number of hydrogen-bond donors (Lipinski definition) is 2. The molecule has 2 aromatic carbocycles. The normalized spacial score (nSPS) is 11.1. The number of benzene rings is 2. The summed E-state index contributed by atoms with van der Waals surface area (Å²) in [4.78, 5) is 22.1. The van der Waals surface area contributed by atoms with Crippen LogP contribution in [0, 0.1) is 18.6 Å². The SMILES string of the molecule is C=C(O)c1cc(P)c(C)c(-c2nc(NCCCC)nc3c2ccc(=O)n3-c2c(F)cccc2F)c1. The Balaban J connectivity index is 2.12. The molecule has 0 aliphatic heterocycles. The van der Waals surface area contributed by atoms with Crippen molar-refractivity contribution in [2.75, 3.05) is 11.9 Å². The standard InChI is InChI=1S/C26H25F2N4O2P/c1-4-5-11-29-26-30-23(18-12-16(15(3)33)13-21(35)14(18)2)17-9-10-22(34)32(25(17)31-26)24-19(27)7-6-8-20(24)28/h6-10,12-13,33H,3-5,11,35H2,1-2H3,(H,29,30,31). The topological polar surface area (TPSA) is 80.0 Å². The largest absolute Gasteiger partial charge is 0.508 e. The lowest BCUT2D eigenvalue weighted by Crippen LogP contribution is -2.22. The zero-order valence-electron chi connectivity index (χ0n) is 19.4. The molecule has 0 amide bonds. The first-order valence-electron chi connectivity index (χ1n) is 11.1. The number of halogens is 2. The summed E-state index contributed by atoms with van der Waals surface area (Å²) in [5.74, 6) is -1.67. The van der Waals surface area contributed by atoms with E-state index in [9.17, 15) is 18.7 Å². The highest BCUT2D eigenvalue weighted by molar-refractivity contribution is 7.27. The molecule has 2 heterocycles. The average molecular weight is 494 g/mol. The van der Waals surface area contributed by atoms with Crippen LogP contribution in [-0.2, 0) is 0 Å². The predicted octanol–water partition coefficient (Wildman–Crippen LogP) is 5.28. The second kappa shape index (κ2) is 9.92. The van der Waals surface area contributed by atoms with E-state index in [0.717, 1.165) is 40.4 Å². The molecule has 6 nitrogen and oxygen atoms in total. The first-order valence-corrected chi connectivity index (χ1v) is 11.7. The maximum atomic E-state index is 14.8. The molecule has 1 atom stereocenters. The van der Waals surface area contributed by atoms with Crippen molar-refractivity contribution in [3.63, 3.8) is 0 Å². The Kier molecular flexibility index (Phi) is 6.94. The average Bonchev–Trinajstić information content (AvgIpc) is 2.81. The number of rotatable bonds is 7. The van der Waals surface area contributed by atoms with Gasteiger partial charge in [-0.15, -0.1) is 9.24 Å². The molecule has 0 saturated heterocycles. The van der Waals surface area contributed by atoms with Crippen molar-refractivity contribution in [1.82, 2.24) is 14.5 Å². The van der Waals surface area contributed by atoms with E-state index in [2.05, 4.69) is 26.1 Å². The Hall–Kier alpha value is -3.64. The smallest absolute Gasteiger partial charge is 0.256 e. The van der Waals surface area contributed by atoms with Crippen LogP contribution >= 0.6 is 9.24 Å². The molecule has 0 aliphatic rings. The quantitative estimate of drug-likeness (QED) is 0.208. The Morgan fingerprint density at radius 2 is 1.89 bits per heavy atom. The van der Waals surface area contributed by atoms with E-state index >= 15 is 0 Å². The third-order valence-electron chi connectivity index (χ3n) is 5.76. The lowest BCUT2D eigenvalue weighted by Gasteiger charge is -2.17. The van der Waals surface area contributed by atoms with Crippen molar-refractivity contribution >= 4 is 37.3 Å². The molecule has 0 bridgehead atoms. The molecule has 2 aromatic heterocycles. The first-order chi connectivity index (χ1) is 16.7. The van der Waals surface area contributed by atoms with Crippen LogP contribution in [-0.4, -0.2) is 26.2 Å². The number of nitrogens with zero attached hydrogens (tertiary/aromatic N) is 3. The van der Waals surface area contributed by atoms with Crippen LogP contribution in [0.15, 0.2) is 53.8 Å². The first kappa shape index (κ1) is 24.5. The van der Waals surface area contributed by atoms with Crippen molar-refractivity contribution in [3.05, 3.63) is 82.2 Å². The van der Waals surface area contributed by atoms with Gasteiger partial charge < -0.3 is 10.4 Å². The highest BCUT2D eigenvalue weighted by Crippen LogP contribution is 2.32. The second-order valence-electron chi connectivity index (χ2n) is 8.18. The van der Waals surface area contributed by atoms with Gasteiger partial charge in [-0.05, 0) is 54.5 Å². The molecular formula is C26H25F2N4O2P.